The SMILES string of the molecule is O=C(Nc1cc(Cl)c(Cl)cc1Cl)c1ccccc1CCc1ccccc1. The number of hydrogen-bond donors (Lipinski definition) is 1. The Morgan fingerprint density at radius 3 is 2.19 bits per heavy atom. The first-order valence-electron chi connectivity index (χ1n) is 8.12. The largest absolute Gasteiger partial charge is 0.321 e. The fourth-order valence-electron chi connectivity index (χ4n) is 2.69. The molecule has 0 heterocycles. The first-order chi connectivity index (χ1) is 12.5. The van der Waals surface area contributed by atoms with E-state index in [4.69, 9.17) is 34.8 Å². The van der Waals surface area contributed by atoms with Crippen LogP contribution in [0.15, 0.2) is 66.7 Å². The number of rotatable bonds is 5. The van der Waals surface area contributed by atoms with Gasteiger partial charge in [-0.3, -0.25) is 4.79 Å². The lowest BCUT2D eigenvalue weighted by atomic mass is 9.99. The molecule has 0 radical (unpaired) electrons. The molecular formula is C21H16Cl3NO. The van der Waals surface area contributed by atoms with Gasteiger partial charge in [0, 0.05) is 5.56 Å². The number of carbonyl (C=O) groups excluding carboxylic acids is 1. The zero-order chi connectivity index (χ0) is 18.5. The average Bonchev–Trinajstić information content (AvgIpc) is 2.65. The molecule has 0 bridgehead atoms. The van der Waals surface area contributed by atoms with Gasteiger partial charge in [-0.2, -0.15) is 0 Å². The van der Waals surface area contributed by atoms with Crippen molar-refractivity contribution in [2.75, 3.05) is 5.32 Å². The zero-order valence-corrected chi connectivity index (χ0v) is 16.1. The van der Waals surface area contributed by atoms with E-state index in [1.165, 1.54) is 11.6 Å². The normalized spacial score (nSPS) is 10.6. The maximum absolute atomic E-state index is 12.7. The van der Waals surface area contributed by atoms with E-state index < -0.39 is 0 Å². The molecular weight excluding hydrogens is 389 g/mol. The van der Waals surface area contributed by atoms with Crippen LogP contribution >= 0.6 is 34.8 Å². The van der Waals surface area contributed by atoms with Crippen LogP contribution in [0.25, 0.3) is 0 Å². The molecule has 1 N–H and O–H groups in total. The molecule has 1 amide bonds. The number of nitrogens with one attached hydrogen (secondary N) is 1. The summed E-state index contributed by atoms with van der Waals surface area (Å²) < 4.78 is 0. The lowest BCUT2D eigenvalue weighted by molar-refractivity contribution is 0.102. The monoisotopic (exact) mass is 403 g/mol. The average molecular weight is 405 g/mol. The topological polar surface area (TPSA) is 29.1 Å². The molecule has 0 saturated heterocycles. The highest BCUT2D eigenvalue weighted by atomic mass is 35.5. The Hall–Kier alpha value is -2.00. The van der Waals surface area contributed by atoms with E-state index in [9.17, 15) is 4.79 Å². The lowest BCUT2D eigenvalue weighted by Crippen LogP contribution is -2.15. The molecule has 3 aromatic carbocycles. The van der Waals surface area contributed by atoms with Gasteiger partial charge in [0.2, 0.25) is 0 Å². The summed E-state index contributed by atoms with van der Waals surface area (Å²) in [6.45, 7) is 0. The molecule has 0 spiro atoms. The molecule has 0 unspecified atom stereocenters. The van der Waals surface area contributed by atoms with E-state index in [1.807, 2.05) is 36.4 Å². The van der Waals surface area contributed by atoms with E-state index >= 15 is 0 Å². The summed E-state index contributed by atoms with van der Waals surface area (Å²) >= 11 is 18.1. The zero-order valence-electron chi connectivity index (χ0n) is 13.8. The van der Waals surface area contributed by atoms with Crippen LogP contribution in [0.2, 0.25) is 15.1 Å². The Balaban J connectivity index is 1.79. The molecule has 0 saturated carbocycles. The lowest BCUT2D eigenvalue weighted by Gasteiger charge is -2.12. The van der Waals surface area contributed by atoms with Gasteiger partial charge in [-0.15, -0.1) is 0 Å². The van der Waals surface area contributed by atoms with Gasteiger partial charge in [-0.25, -0.2) is 0 Å². The predicted molar refractivity (Wildman–Crippen MR) is 110 cm³/mol. The highest BCUT2D eigenvalue weighted by Crippen LogP contribution is 2.32. The van der Waals surface area contributed by atoms with Crippen molar-refractivity contribution < 1.29 is 4.79 Å². The molecule has 0 aliphatic heterocycles. The van der Waals surface area contributed by atoms with Crippen LogP contribution < -0.4 is 5.32 Å². The highest BCUT2D eigenvalue weighted by molar-refractivity contribution is 6.44. The van der Waals surface area contributed by atoms with Crippen LogP contribution in [0.3, 0.4) is 0 Å². The number of carbonyl (C=O) groups is 1. The molecule has 3 aromatic rings. The summed E-state index contributed by atoms with van der Waals surface area (Å²) in [6, 6.07) is 20.8. The number of anilines is 1. The van der Waals surface area contributed by atoms with Gasteiger partial charge >= 0.3 is 0 Å². The van der Waals surface area contributed by atoms with Crippen LogP contribution in [0.1, 0.15) is 21.5 Å². The summed E-state index contributed by atoms with van der Waals surface area (Å²) in [4.78, 5) is 12.7. The third kappa shape index (κ3) is 4.59. The quantitative estimate of drug-likeness (QED) is 0.472. The summed E-state index contributed by atoms with van der Waals surface area (Å²) in [5.41, 5.74) is 3.26. The van der Waals surface area contributed by atoms with Crippen molar-refractivity contribution in [1.29, 1.82) is 0 Å². The van der Waals surface area contributed by atoms with Crippen LogP contribution in [-0.4, -0.2) is 5.91 Å². The van der Waals surface area contributed by atoms with E-state index in [-0.39, 0.29) is 5.91 Å². The molecule has 0 fully saturated rings. The minimum absolute atomic E-state index is 0.228. The molecule has 5 heteroatoms. The standard InChI is InChI=1S/C21H16Cl3NO/c22-17-12-19(24)20(13-18(17)23)25-21(26)16-9-5-4-8-15(16)11-10-14-6-2-1-3-7-14/h1-9,12-13H,10-11H2,(H,25,26). The fraction of sp³-hybridized carbons (Fsp3) is 0.0952. The van der Waals surface area contributed by atoms with Crippen molar-refractivity contribution in [2.24, 2.45) is 0 Å². The van der Waals surface area contributed by atoms with Crippen LogP contribution in [0.5, 0.6) is 0 Å². The van der Waals surface area contributed by atoms with Crippen LogP contribution in [0, 0.1) is 0 Å². The van der Waals surface area contributed by atoms with Crippen molar-refractivity contribution in [3.63, 3.8) is 0 Å². The van der Waals surface area contributed by atoms with Gasteiger partial charge in [0.05, 0.1) is 20.8 Å². The molecule has 0 aliphatic carbocycles. The van der Waals surface area contributed by atoms with E-state index in [0.717, 1.165) is 18.4 Å². The molecule has 132 valence electrons. The first kappa shape index (κ1) is 18.8. The van der Waals surface area contributed by atoms with Gasteiger partial charge in [-0.1, -0.05) is 83.3 Å². The van der Waals surface area contributed by atoms with E-state index in [0.29, 0.717) is 26.3 Å². The second-order valence-corrected chi connectivity index (χ2v) is 7.06. The van der Waals surface area contributed by atoms with Crippen molar-refractivity contribution >= 4 is 46.4 Å². The smallest absolute Gasteiger partial charge is 0.255 e. The summed E-state index contributed by atoms with van der Waals surface area (Å²) in [5, 5.41) is 3.84. The maximum Gasteiger partial charge on any atom is 0.255 e. The Labute approximate surface area is 167 Å². The number of hydrogen-bond acceptors (Lipinski definition) is 1. The Morgan fingerprint density at radius 1 is 0.769 bits per heavy atom. The number of halogens is 3. The first-order valence-corrected chi connectivity index (χ1v) is 9.25. The second kappa shape index (κ2) is 8.59. The molecule has 0 aliphatic rings. The fourth-order valence-corrected chi connectivity index (χ4v) is 3.29. The highest BCUT2D eigenvalue weighted by Gasteiger charge is 2.14. The second-order valence-electron chi connectivity index (χ2n) is 5.84. The van der Waals surface area contributed by atoms with Crippen LogP contribution in [-0.2, 0) is 12.8 Å². The van der Waals surface area contributed by atoms with Crippen molar-refractivity contribution in [2.45, 2.75) is 12.8 Å². The Bertz CT molecular complexity index is 926. The van der Waals surface area contributed by atoms with Gasteiger partial charge in [0.15, 0.2) is 0 Å². The van der Waals surface area contributed by atoms with Crippen molar-refractivity contribution in [1.82, 2.24) is 0 Å². The molecule has 26 heavy (non-hydrogen) atoms. The van der Waals surface area contributed by atoms with Crippen molar-refractivity contribution in [3.8, 4) is 0 Å². The predicted octanol–water partition coefficient (Wildman–Crippen LogP) is 6.68. The minimum atomic E-state index is -0.228. The molecule has 0 aromatic heterocycles. The Kier molecular flexibility index (Phi) is 6.20. The summed E-state index contributed by atoms with van der Waals surface area (Å²) in [6.07, 6.45) is 1.63. The van der Waals surface area contributed by atoms with Crippen LogP contribution in [0.4, 0.5) is 5.69 Å². The summed E-state index contributed by atoms with van der Waals surface area (Å²) in [7, 11) is 0. The Morgan fingerprint density at radius 2 is 1.42 bits per heavy atom. The van der Waals surface area contributed by atoms with Gasteiger partial charge in [0.25, 0.3) is 5.91 Å². The van der Waals surface area contributed by atoms with E-state index in [2.05, 4.69) is 17.4 Å². The molecule has 2 nitrogen and oxygen atoms in total. The number of aryl methyl sites for hydroxylation is 2. The molecule has 3 rings (SSSR count). The number of amides is 1. The molecule has 0 atom stereocenters. The third-order valence-electron chi connectivity index (χ3n) is 4.05. The number of benzene rings is 3. The van der Waals surface area contributed by atoms with Crippen molar-refractivity contribution in [3.05, 3.63) is 98.5 Å². The van der Waals surface area contributed by atoms with E-state index in [1.54, 1.807) is 12.1 Å². The minimum Gasteiger partial charge on any atom is -0.321 e. The van der Waals surface area contributed by atoms with Gasteiger partial charge < -0.3 is 5.32 Å². The van der Waals surface area contributed by atoms with Gasteiger partial charge in [0.1, 0.15) is 0 Å². The van der Waals surface area contributed by atoms with Gasteiger partial charge in [-0.05, 0) is 42.2 Å². The third-order valence-corrected chi connectivity index (χ3v) is 5.08. The summed E-state index contributed by atoms with van der Waals surface area (Å²) in [5.74, 6) is -0.228. The maximum atomic E-state index is 12.7.